The van der Waals surface area contributed by atoms with Crippen molar-refractivity contribution in [3.8, 4) is 0 Å². The van der Waals surface area contributed by atoms with E-state index in [1.54, 1.807) is 6.08 Å². The Bertz CT molecular complexity index is 6930. The number of hydrogen-bond acceptors (Lipinski definition) is 27. The molecule has 26 nitrogen and oxygen atoms in total. The number of rotatable bonds is 14. The molecule has 136 heavy (non-hydrogen) atoms. The van der Waals surface area contributed by atoms with Crippen molar-refractivity contribution in [1.29, 1.82) is 0 Å². The molecule has 0 saturated carbocycles. The van der Waals surface area contributed by atoms with E-state index in [0.29, 0.717) is 38.7 Å². The van der Waals surface area contributed by atoms with E-state index in [0.717, 1.165) is 198 Å². The van der Waals surface area contributed by atoms with Crippen LogP contribution in [0, 0.1) is 53.4 Å². The number of halogens is 2. The number of aryl methyl sites for hydroxylation is 6. The molecule has 0 radical (unpaired) electrons. The molecule has 10 N–H and O–H groups in total. The highest BCUT2D eigenvalue weighted by Crippen LogP contribution is 2.45. The van der Waals surface area contributed by atoms with Gasteiger partial charge in [0, 0.05) is 168 Å². The maximum atomic E-state index is 12.3. The molecule has 0 aliphatic carbocycles. The molecule has 1 aliphatic rings. The number of carbonyl (C=O) groups excluding carboxylic acids is 6. The van der Waals surface area contributed by atoms with E-state index in [1.807, 2.05) is 217 Å². The summed E-state index contributed by atoms with van der Waals surface area (Å²) in [7, 11) is 5.48. The van der Waals surface area contributed by atoms with Crippen molar-refractivity contribution in [3.05, 3.63) is 245 Å². The number of amides is 2. The Morgan fingerprint density at radius 3 is 1.33 bits per heavy atom. The van der Waals surface area contributed by atoms with E-state index in [1.165, 1.54) is 79.2 Å². The summed E-state index contributed by atoms with van der Waals surface area (Å²) in [5.41, 5.74) is 25.7. The number of ether oxygens (including phenoxy) is 5. The van der Waals surface area contributed by atoms with Crippen molar-refractivity contribution in [2.24, 2.45) is 23.3 Å². The van der Waals surface area contributed by atoms with Crippen molar-refractivity contribution in [3.63, 3.8) is 0 Å². The molecule has 0 bridgehead atoms. The molecule has 10 aromatic heterocycles. The fraction of sp³-hybridized carbons (Fsp3) is 0.298. The lowest BCUT2D eigenvalue weighted by Gasteiger charge is -2.21. The standard InChI is InChI=1S/C18H20N2O2S.C17H19N3O2S.C16H15N3OS.C14H10ClNO2S.C13H11NO2.C10H8BrN.C8H18N2O2.C4H6O2.C4H10/c1-10(2)9-19-16-15-12-6-5-11(3)20-13(12)7-8-14(15)23-17(16)18(21)22-4;1-9(18)8-19-15-14-11-5-4-10(2)20-12(11)6-7-13(14)23-16(15)17(21)22-3;1-8-3-4-10-11(18-8)5-6-12-13(10)14-15(21-12)16(20)19-9(2)7-17-14;1-7-3-4-8-9(16-7)5-6-10-11(8)12(15)13(19-10)14(17)18-2;1-9-5-7-11-10(6-8-13(15)16)3-2-4-12(11)14-9;1-7-5-6-8-9(11)3-2-4-10(8)12-7;1-6(5-9)10-7(11)12-8(2,3)4;1-3-4(5)6-2;1-4(2)3/h5-8,10,19H,9H2,1-4H3;4-7,9,19H,8,18H2,1-3H3;3-6,9,17H,7H2,1-2H3,(H,19,20);3-6H,1-2H3;2-8H,1H3,(H,15,16);2-6H,1H3;6H,5,9H2,1-4H3,(H,10,11);3H,1H2,2H3;4H,1-3H3/p+1/b;;;;8-6+;;;;/t;2*9-;;;;;;/m.00....../s1. The topological polar surface area (TPSA) is 375 Å². The number of hydrogen-bond donors (Lipinski definition) is 8. The fourth-order valence-electron chi connectivity index (χ4n) is 13.6. The Kier molecular flexibility index (Phi) is 39.1. The number of alkyl carbamates (subject to hydrolysis) is 1. The van der Waals surface area contributed by atoms with E-state index in [9.17, 15) is 33.6 Å². The number of fused-ring (bicyclic) bond motifs is 16. The molecule has 11 heterocycles. The fourth-order valence-corrected chi connectivity index (χ4v) is 18.9. The number of aromatic nitrogens is 6. The van der Waals surface area contributed by atoms with Crippen LogP contribution in [0.2, 0.25) is 5.02 Å². The van der Waals surface area contributed by atoms with Gasteiger partial charge < -0.3 is 66.8 Å². The van der Waals surface area contributed by atoms with Crippen LogP contribution in [0.4, 0.5) is 21.9 Å². The third kappa shape index (κ3) is 28.9. The minimum absolute atomic E-state index is 0. The minimum atomic E-state index is -0.947. The zero-order chi connectivity index (χ0) is 99.7. The van der Waals surface area contributed by atoms with Crippen molar-refractivity contribution in [2.75, 3.05) is 70.6 Å². The van der Waals surface area contributed by atoms with Crippen LogP contribution >= 0.6 is 72.9 Å². The molecule has 16 aromatic rings. The summed E-state index contributed by atoms with van der Waals surface area (Å²) >= 11 is 15.6. The zero-order valence-electron chi connectivity index (χ0n) is 81.2. The molecule has 1 aliphatic heterocycles. The number of carboxylic acids is 1. The summed E-state index contributed by atoms with van der Waals surface area (Å²) < 4.78 is 29.1. The molecule has 1 unspecified atom stereocenters. The average Bonchev–Trinajstić information content (AvgIpc) is 1.61. The van der Waals surface area contributed by atoms with Gasteiger partial charge >= 0.3 is 37.4 Å². The monoisotopic (exact) mass is 2000 g/mol. The van der Waals surface area contributed by atoms with Crippen molar-refractivity contribution >= 4 is 244 Å². The second kappa shape index (κ2) is 49.7. The Hall–Kier alpha value is -12.7. The highest BCUT2D eigenvalue weighted by molar-refractivity contribution is 9.10. The van der Waals surface area contributed by atoms with Crippen LogP contribution in [0.25, 0.3) is 112 Å². The molecular formula is C104H118BrClN13O13S4+. The van der Waals surface area contributed by atoms with Crippen molar-refractivity contribution < 1.29 is 63.8 Å². The number of thiophene rings is 4. The van der Waals surface area contributed by atoms with Crippen molar-refractivity contribution in [2.45, 2.75) is 141 Å². The lowest BCUT2D eigenvalue weighted by molar-refractivity contribution is -0.135. The number of benzene rings is 6. The molecule has 714 valence electrons. The molecule has 2 amide bonds. The number of anilines is 3. The Morgan fingerprint density at radius 1 is 0.544 bits per heavy atom. The second-order valence-electron chi connectivity index (χ2n) is 33.9. The third-order valence-corrected chi connectivity index (χ3v) is 25.5. The number of carboxylic acid groups (broad SMARTS) is 1. The quantitative estimate of drug-likeness (QED) is 0.0285. The number of pyridine rings is 6. The predicted octanol–water partition coefficient (Wildman–Crippen LogP) is 24.3. The van der Waals surface area contributed by atoms with Gasteiger partial charge in [-0.2, -0.15) is 0 Å². The first-order valence-electron chi connectivity index (χ1n) is 43.8. The predicted molar refractivity (Wildman–Crippen MR) is 566 cm³/mol. The SMILES string of the molecule is C=CC(=O)OC.CC(C)C.CC(CN)NC(=O)OC(C)(C)C.COC(=O)c1sc2ccc3nc(C)ccc3c2c1Cl.COC(=O)c1sc2ccc3nc(C)ccc3c2c1NCC(C)C.COC(=O)c1sc2ccc3nc(C)ccc3c2c1NC[C@H](C)N.Cc1ccc2c(/C=C/C(=O)O)cccc2n1.Cc1ccc2c(Br)cccc2n1.Cc1ccc2c(ccc3sc4c(c32)NC[C@H](C)NC4=O)n1.[H+]. The summed E-state index contributed by atoms with van der Waals surface area (Å²) in [6, 6.07) is 51.9. The lowest BCUT2D eigenvalue weighted by atomic mass is 10.1. The number of carbonyl (C=O) groups is 7. The largest absolute Gasteiger partial charge is 1.00 e. The van der Waals surface area contributed by atoms with Gasteiger partial charge in [0.05, 0.1) is 83.6 Å². The maximum absolute atomic E-state index is 12.3. The van der Waals surface area contributed by atoms with Crippen LogP contribution in [0.1, 0.15) is 156 Å². The summed E-state index contributed by atoms with van der Waals surface area (Å²) in [5, 5.41) is 35.2. The molecule has 0 saturated heterocycles. The van der Waals surface area contributed by atoms with E-state index in [4.69, 9.17) is 47.1 Å². The maximum Gasteiger partial charge on any atom is 1.00 e. The summed E-state index contributed by atoms with van der Waals surface area (Å²) in [6.45, 7) is 39.5. The first-order valence-corrected chi connectivity index (χ1v) is 48.2. The second-order valence-corrected chi connectivity index (χ2v) is 39.3. The van der Waals surface area contributed by atoms with Crippen LogP contribution in [0.5, 0.6) is 0 Å². The molecule has 3 atom stereocenters. The summed E-state index contributed by atoms with van der Waals surface area (Å²) in [5.74, 6) is -1.06. The minimum Gasteiger partial charge on any atom is -0.478 e. The first-order chi connectivity index (χ1) is 64.6. The van der Waals surface area contributed by atoms with E-state index in [-0.39, 0.29) is 37.4 Å². The number of esters is 4. The highest BCUT2D eigenvalue weighted by Gasteiger charge is 2.28. The third-order valence-electron chi connectivity index (χ3n) is 19.8. The molecule has 6 aromatic carbocycles. The van der Waals surface area contributed by atoms with E-state index < -0.39 is 29.6 Å². The normalized spacial score (nSPS) is 12.4. The van der Waals surface area contributed by atoms with Gasteiger partial charge in [0.25, 0.3) is 5.91 Å². The van der Waals surface area contributed by atoms with Gasteiger partial charge in [0.1, 0.15) is 25.1 Å². The molecule has 0 fully saturated rings. The highest BCUT2D eigenvalue weighted by atomic mass is 79.9. The Balaban J connectivity index is 0.000000195. The number of methoxy groups -OCH3 is 4. The van der Waals surface area contributed by atoms with Crippen LogP contribution in [0.15, 0.2) is 181 Å². The van der Waals surface area contributed by atoms with Crippen molar-refractivity contribution in [1.82, 2.24) is 40.5 Å². The number of nitrogens with one attached hydrogen (secondary N) is 5. The van der Waals surface area contributed by atoms with Gasteiger partial charge in [-0.05, 0) is 216 Å². The number of nitrogens with zero attached hydrogens (tertiary/aromatic N) is 6. The van der Waals surface area contributed by atoms with Gasteiger partial charge in [-0.15, -0.1) is 45.3 Å². The number of nitrogens with two attached hydrogens (primary N) is 2. The van der Waals surface area contributed by atoms with Gasteiger partial charge in [-0.3, -0.25) is 34.7 Å². The van der Waals surface area contributed by atoms with E-state index >= 15 is 0 Å². The summed E-state index contributed by atoms with van der Waals surface area (Å²) in [4.78, 5) is 109. The Labute approximate surface area is 822 Å². The molecule has 17 rings (SSSR count). The van der Waals surface area contributed by atoms with Crippen LogP contribution in [-0.2, 0) is 33.3 Å². The smallest absolute Gasteiger partial charge is 0.478 e. The number of aliphatic carboxylic acids is 1. The Morgan fingerprint density at radius 2 is 0.926 bits per heavy atom. The van der Waals surface area contributed by atoms with Gasteiger partial charge in [0.2, 0.25) is 0 Å². The summed E-state index contributed by atoms with van der Waals surface area (Å²) in [6.07, 6.45) is 3.41. The lowest BCUT2D eigenvalue weighted by Crippen LogP contribution is -2.41. The van der Waals surface area contributed by atoms with Gasteiger partial charge in [-0.1, -0.05) is 117 Å². The first kappa shape index (κ1) is 107. The van der Waals surface area contributed by atoms with Gasteiger partial charge in [-0.25, -0.2) is 28.8 Å². The molecule has 32 heteroatoms. The van der Waals surface area contributed by atoms with Crippen LogP contribution < -0.4 is 38.1 Å². The van der Waals surface area contributed by atoms with Crippen LogP contribution in [-0.4, -0.2) is 155 Å². The average molecular weight is 2000 g/mol. The zero-order valence-corrected chi connectivity index (χ0v) is 85.8. The van der Waals surface area contributed by atoms with Crippen LogP contribution in [0.3, 0.4) is 0 Å². The molecular weight excluding hydrogens is 1880 g/mol. The molecule has 0 spiro atoms. The van der Waals surface area contributed by atoms with E-state index in [2.05, 4.69) is 143 Å². The van der Waals surface area contributed by atoms with Gasteiger partial charge in [0.15, 0.2) is 0 Å².